The highest BCUT2D eigenvalue weighted by atomic mass is 79.9. The van der Waals surface area contributed by atoms with E-state index in [1.165, 1.54) is 82.4 Å². The molecule has 0 atom stereocenters. The molecule has 0 aliphatic carbocycles. The largest absolute Gasteiger partial charge is 0.457 e. The predicted molar refractivity (Wildman–Crippen MR) is 154 cm³/mol. The standard InChI is InChI=1S/C18H14O2.C14H29Br/c1-3-7-15(8-4-1)19-17-11-13-18(14-12-17)20-16-9-5-2-6-10-16;1-2-3-4-5-6-7-8-9-10-11-12-13-14-15/h1-14H;2-14H2,1H3. The Labute approximate surface area is 222 Å². The van der Waals surface area contributed by atoms with Crippen LogP contribution in [0.3, 0.4) is 0 Å². The maximum Gasteiger partial charge on any atom is 0.127 e. The molecular weight excluding hydrogens is 496 g/mol. The summed E-state index contributed by atoms with van der Waals surface area (Å²) in [5.41, 5.74) is 0. The van der Waals surface area contributed by atoms with E-state index in [2.05, 4.69) is 22.9 Å². The second kappa shape index (κ2) is 20.0. The van der Waals surface area contributed by atoms with Gasteiger partial charge in [-0.05, 0) is 55.0 Å². The minimum atomic E-state index is 0.789. The van der Waals surface area contributed by atoms with E-state index in [1.807, 2.05) is 84.9 Å². The number of halogens is 1. The van der Waals surface area contributed by atoms with Gasteiger partial charge in [0.05, 0.1) is 0 Å². The summed E-state index contributed by atoms with van der Waals surface area (Å²) in [5, 5.41) is 1.18. The Morgan fingerprint density at radius 1 is 0.429 bits per heavy atom. The third kappa shape index (κ3) is 14.7. The number of hydrogen-bond acceptors (Lipinski definition) is 2. The first kappa shape index (κ1) is 29.0. The van der Waals surface area contributed by atoms with Crippen LogP contribution in [0.2, 0.25) is 0 Å². The van der Waals surface area contributed by atoms with E-state index in [9.17, 15) is 0 Å². The minimum Gasteiger partial charge on any atom is -0.457 e. The highest BCUT2D eigenvalue weighted by molar-refractivity contribution is 9.09. The first-order chi connectivity index (χ1) is 17.3. The van der Waals surface area contributed by atoms with Crippen molar-refractivity contribution in [3.63, 3.8) is 0 Å². The summed E-state index contributed by atoms with van der Waals surface area (Å²) in [6.45, 7) is 2.28. The number of hydrogen-bond donors (Lipinski definition) is 0. The molecule has 0 bridgehead atoms. The average molecular weight is 540 g/mol. The highest BCUT2D eigenvalue weighted by Crippen LogP contribution is 2.26. The molecule has 0 heterocycles. The fourth-order valence-electron chi connectivity index (χ4n) is 3.76. The Balaban J connectivity index is 0.000000260. The molecule has 190 valence electrons. The zero-order valence-corrected chi connectivity index (χ0v) is 23.1. The molecule has 0 N–H and O–H groups in total. The molecule has 35 heavy (non-hydrogen) atoms. The maximum atomic E-state index is 5.73. The third-order valence-electron chi connectivity index (χ3n) is 5.77. The number of alkyl halides is 1. The zero-order valence-electron chi connectivity index (χ0n) is 21.5. The lowest BCUT2D eigenvalue weighted by molar-refractivity contribution is 0.469. The molecule has 0 unspecified atom stereocenters. The molecule has 3 aromatic carbocycles. The van der Waals surface area contributed by atoms with Gasteiger partial charge in [0.25, 0.3) is 0 Å². The summed E-state index contributed by atoms with van der Waals surface area (Å²) in [6, 6.07) is 27.0. The molecule has 0 spiro atoms. The number of ether oxygens (including phenoxy) is 2. The van der Waals surface area contributed by atoms with Gasteiger partial charge in [-0.1, -0.05) is 130 Å². The lowest BCUT2D eigenvalue weighted by Gasteiger charge is -2.08. The van der Waals surface area contributed by atoms with E-state index in [1.54, 1.807) is 0 Å². The smallest absolute Gasteiger partial charge is 0.127 e. The van der Waals surface area contributed by atoms with Crippen molar-refractivity contribution in [3.05, 3.63) is 84.9 Å². The quantitative estimate of drug-likeness (QED) is 0.133. The normalized spacial score (nSPS) is 10.3. The lowest BCUT2D eigenvalue weighted by atomic mass is 10.1. The Morgan fingerprint density at radius 2 is 0.743 bits per heavy atom. The average Bonchev–Trinajstić information content (AvgIpc) is 2.90. The first-order valence-electron chi connectivity index (χ1n) is 13.4. The van der Waals surface area contributed by atoms with E-state index in [0.29, 0.717) is 0 Å². The molecule has 0 radical (unpaired) electrons. The van der Waals surface area contributed by atoms with Crippen molar-refractivity contribution < 1.29 is 9.47 Å². The summed E-state index contributed by atoms with van der Waals surface area (Å²) in [6.07, 6.45) is 17.3. The molecule has 0 saturated heterocycles. The minimum absolute atomic E-state index is 0.789. The van der Waals surface area contributed by atoms with Gasteiger partial charge in [0.15, 0.2) is 0 Å². The lowest BCUT2D eigenvalue weighted by Crippen LogP contribution is -1.85. The van der Waals surface area contributed by atoms with Crippen LogP contribution in [0.1, 0.15) is 84.0 Å². The monoisotopic (exact) mass is 538 g/mol. The number of unbranched alkanes of at least 4 members (excludes halogenated alkanes) is 11. The van der Waals surface area contributed by atoms with Crippen molar-refractivity contribution in [2.24, 2.45) is 0 Å². The van der Waals surface area contributed by atoms with Crippen LogP contribution in [-0.2, 0) is 0 Å². The molecule has 3 rings (SSSR count). The van der Waals surface area contributed by atoms with Gasteiger partial charge in [0, 0.05) is 5.33 Å². The highest BCUT2D eigenvalue weighted by Gasteiger charge is 1.99. The van der Waals surface area contributed by atoms with Gasteiger partial charge in [0.1, 0.15) is 23.0 Å². The van der Waals surface area contributed by atoms with Crippen LogP contribution < -0.4 is 9.47 Å². The van der Waals surface area contributed by atoms with Crippen LogP contribution in [0.15, 0.2) is 84.9 Å². The molecule has 0 aliphatic heterocycles. The van der Waals surface area contributed by atoms with Crippen LogP contribution in [0.5, 0.6) is 23.0 Å². The molecule has 3 heteroatoms. The fourth-order valence-corrected chi connectivity index (χ4v) is 4.16. The van der Waals surface area contributed by atoms with E-state index in [4.69, 9.17) is 9.47 Å². The molecule has 3 aromatic rings. The summed E-state index contributed by atoms with van der Waals surface area (Å²) in [5.74, 6) is 3.22. The van der Waals surface area contributed by atoms with Crippen LogP contribution in [0, 0.1) is 0 Å². The summed E-state index contributed by atoms with van der Waals surface area (Å²) in [4.78, 5) is 0. The maximum absolute atomic E-state index is 5.73. The second-order valence-electron chi connectivity index (χ2n) is 8.88. The molecule has 0 saturated carbocycles. The van der Waals surface area contributed by atoms with Gasteiger partial charge >= 0.3 is 0 Å². The number of para-hydroxylation sites is 2. The summed E-state index contributed by atoms with van der Waals surface area (Å²) in [7, 11) is 0. The SMILES string of the molecule is CCCCCCCCCCCCCCBr.c1ccc(Oc2ccc(Oc3ccccc3)cc2)cc1. The Kier molecular flexibility index (Phi) is 16.5. The van der Waals surface area contributed by atoms with Crippen LogP contribution in [-0.4, -0.2) is 5.33 Å². The number of rotatable bonds is 16. The van der Waals surface area contributed by atoms with E-state index in [-0.39, 0.29) is 0 Å². The first-order valence-corrected chi connectivity index (χ1v) is 14.6. The summed E-state index contributed by atoms with van der Waals surface area (Å²) >= 11 is 3.47. The van der Waals surface area contributed by atoms with Crippen LogP contribution >= 0.6 is 15.9 Å². The molecule has 2 nitrogen and oxygen atoms in total. The summed E-state index contributed by atoms with van der Waals surface area (Å²) < 4.78 is 11.5. The van der Waals surface area contributed by atoms with Gasteiger partial charge in [-0.25, -0.2) is 0 Å². The Morgan fingerprint density at radius 3 is 1.09 bits per heavy atom. The number of benzene rings is 3. The third-order valence-corrected chi connectivity index (χ3v) is 6.33. The van der Waals surface area contributed by atoms with Crippen molar-refractivity contribution in [2.75, 3.05) is 5.33 Å². The predicted octanol–water partition coefficient (Wildman–Crippen LogP) is 11.4. The van der Waals surface area contributed by atoms with E-state index in [0.717, 1.165) is 23.0 Å². The Hall–Kier alpha value is -2.26. The van der Waals surface area contributed by atoms with Gasteiger partial charge in [-0.3, -0.25) is 0 Å². The molecule has 0 aliphatic rings. The molecule has 0 amide bonds. The Bertz CT molecular complexity index is 777. The second-order valence-corrected chi connectivity index (χ2v) is 9.67. The van der Waals surface area contributed by atoms with Gasteiger partial charge in [0.2, 0.25) is 0 Å². The van der Waals surface area contributed by atoms with Crippen molar-refractivity contribution >= 4 is 15.9 Å². The molecular formula is C32H43BrO2. The molecule has 0 fully saturated rings. The van der Waals surface area contributed by atoms with Crippen LogP contribution in [0.25, 0.3) is 0 Å². The van der Waals surface area contributed by atoms with E-state index < -0.39 is 0 Å². The zero-order chi connectivity index (χ0) is 24.8. The fraction of sp³-hybridized carbons (Fsp3) is 0.438. The van der Waals surface area contributed by atoms with Gasteiger partial charge in [-0.2, -0.15) is 0 Å². The van der Waals surface area contributed by atoms with Crippen molar-refractivity contribution in [3.8, 4) is 23.0 Å². The topological polar surface area (TPSA) is 18.5 Å². The molecule has 0 aromatic heterocycles. The van der Waals surface area contributed by atoms with Crippen molar-refractivity contribution in [1.29, 1.82) is 0 Å². The van der Waals surface area contributed by atoms with Crippen molar-refractivity contribution in [2.45, 2.75) is 84.0 Å². The van der Waals surface area contributed by atoms with E-state index >= 15 is 0 Å². The van der Waals surface area contributed by atoms with Gasteiger partial charge < -0.3 is 9.47 Å². The van der Waals surface area contributed by atoms with Gasteiger partial charge in [-0.15, -0.1) is 0 Å². The van der Waals surface area contributed by atoms with Crippen LogP contribution in [0.4, 0.5) is 0 Å². The van der Waals surface area contributed by atoms with Crippen molar-refractivity contribution in [1.82, 2.24) is 0 Å².